The summed E-state index contributed by atoms with van der Waals surface area (Å²) in [6.07, 6.45) is 0.569. The van der Waals surface area contributed by atoms with Crippen LogP contribution >= 0.6 is 0 Å². The molecule has 0 radical (unpaired) electrons. The zero-order chi connectivity index (χ0) is 19.7. The van der Waals surface area contributed by atoms with Crippen molar-refractivity contribution in [3.05, 3.63) is 23.8 Å². The molecule has 1 rings (SSSR count). The first-order chi connectivity index (χ1) is 12.2. The molecule has 0 aliphatic rings. The van der Waals surface area contributed by atoms with Gasteiger partial charge in [0.25, 0.3) is 0 Å². The van der Waals surface area contributed by atoms with Gasteiger partial charge in [-0.2, -0.15) is 0 Å². The summed E-state index contributed by atoms with van der Waals surface area (Å²) >= 11 is 0. The molecule has 0 saturated carbocycles. The number of nitrogens with one attached hydrogen (secondary N) is 2. The highest BCUT2D eigenvalue weighted by Crippen LogP contribution is 2.29. The van der Waals surface area contributed by atoms with E-state index in [9.17, 15) is 9.90 Å². The number of guanidine groups is 1. The number of benzene rings is 1. The number of methoxy groups -OCH3 is 1. The number of hydrogen-bond donors (Lipinski definition) is 3. The van der Waals surface area contributed by atoms with E-state index in [1.54, 1.807) is 11.0 Å². The van der Waals surface area contributed by atoms with Crippen LogP contribution in [0.3, 0.4) is 0 Å². The van der Waals surface area contributed by atoms with Crippen LogP contribution in [0.1, 0.15) is 33.3 Å². The lowest BCUT2D eigenvalue weighted by Crippen LogP contribution is -2.48. The zero-order valence-electron chi connectivity index (χ0n) is 16.7. The third-order valence-corrected chi connectivity index (χ3v) is 3.54. The van der Waals surface area contributed by atoms with Crippen molar-refractivity contribution in [1.29, 1.82) is 0 Å². The Balaban J connectivity index is 2.72. The van der Waals surface area contributed by atoms with Gasteiger partial charge in [-0.25, -0.2) is 0 Å². The van der Waals surface area contributed by atoms with Crippen molar-refractivity contribution in [1.82, 2.24) is 15.5 Å². The van der Waals surface area contributed by atoms with Crippen molar-refractivity contribution in [3.8, 4) is 11.5 Å². The van der Waals surface area contributed by atoms with E-state index in [0.717, 1.165) is 5.56 Å². The topological polar surface area (TPSA) is 86.2 Å². The number of likely N-dealkylation sites (N-methyl/N-ethyl adjacent to an activating group) is 1. The monoisotopic (exact) mass is 364 g/mol. The molecule has 0 heterocycles. The number of nitrogens with zero attached hydrogens (tertiary/aromatic N) is 2. The van der Waals surface area contributed by atoms with E-state index in [4.69, 9.17) is 4.74 Å². The van der Waals surface area contributed by atoms with Crippen LogP contribution in [0.5, 0.6) is 11.5 Å². The van der Waals surface area contributed by atoms with Gasteiger partial charge in [0.2, 0.25) is 5.91 Å². The van der Waals surface area contributed by atoms with Gasteiger partial charge in [0.1, 0.15) is 0 Å². The van der Waals surface area contributed by atoms with E-state index in [1.807, 2.05) is 46.9 Å². The van der Waals surface area contributed by atoms with E-state index < -0.39 is 0 Å². The highest BCUT2D eigenvalue weighted by atomic mass is 16.5. The number of aromatic hydroxyl groups is 1. The minimum absolute atomic E-state index is 0.0592. The Hall–Kier alpha value is -2.44. The molecular formula is C19H32N4O3. The van der Waals surface area contributed by atoms with Crippen LogP contribution in [0, 0.1) is 0 Å². The van der Waals surface area contributed by atoms with Crippen molar-refractivity contribution in [2.24, 2.45) is 4.99 Å². The van der Waals surface area contributed by atoms with Crippen molar-refractivity contribution in [2.75, 3.05) is 33.8 Å². The molecule has 3 N–H and O–H groups in total. The number of hydrogen-bond acceptors (Lipinski definition) is 4. The molecule has 26 heavy (non-hydrogen) atoms. The molecule has 0 atom stereocenters. The van der Waals surface area contributed by atoms with Gasteiger partial charge in [0.05, 0.1) is 13.7 Å². The lowest BCUT2D eigenvalue weighted by molar-refractivity contribution is -0.122. The number of phenols is 1. The number of rotatable bonds is 7. The molecule has 0 spiro atoms. The van der Waals surface area contributed by atoms with E-state index in [-0.39, 0.29) is 23.7 Å². The van der Waals surface area contributed by atoms with Gasteiger partial charge < -0.3 is 25.4 Å². The van der Waals surface area contributed by atoms with Crippen LogP contribution in [-0.4, -0.2) is 61.2 Å². The summed E-state index contributed by atoms with van der Waals surface area (Å²) in [5, 5.41) is 16.3. The summed E-state index contributed by atoms with van der Waals surface area (Å²) in [5.41, 5.74) is 0.509. The average molecular weight is 364 g/mol. The first kappa shape index (κ1) is 21.6. The molecular weight excluding hydrogens is 332 g/mol. The Morgan fingerprint density at radius 2 is 2.04 bits per heavy atom. The molecule has 0 aliphatic carbocycles. The Kier molecular flexibility index (Phi) is 8.22. The fourth-order valence-electron chi connectivity index (χ4n) is 2.43. The number of aliphatic imine (C=N–C) groups is 1. The number of carbonyl (C=O) groups is 1. The van der Waals surface area contributed by atoms with Crippen LogP contribution in [-0.2, 0) is 11.2 Å². The van der Waals surface area contributed by atoms with Gasteiger partial charge in [0, 0.05) is 25.7 Å². The van der Waals surface area contributed by atoms with E-state index in [0.29, 0.717) is 31.2 Å². The predicted octanol–water partition coefficient (Wildman–Crippen LogP) is 1.76. The standard InChI is InChI=1S/C19H32N4O3/c1-7-20-18(23(5)13-16(24)22-19(2,3)4)21-12-11-14-9-8-10-15(26-6)17(14)25/h8-10,25H,7,11-13H2,1-6H3,(H,20,21)(H,22,24). The highest BCUT2D eigenvalue weighted by Gasteiger charge is 2.16. The Morgan fingerprint density at radius 1 is 1.35 bits per heavy atom. The Morgan fingerprint density at radius 3 is 2.62 bits per heavy atom. The molecule has 0 aliphatic heterocycles. The summed E-state index contributed by atoms with van der Waals surface area (Å²) in [5.74, 6) is 1.19. The number of ether oxygens (including phenoxy) is 1. The summed E-state index contributed by atoms with van der Waals surface area (Å²) in [6, 6.07) is 5.40. The fourth-order valence-corrected chi connectivity index (χ4v) is 2.43. The second-order valence-corrected chi connectivity index (χ2v) is 7.11. The predicted molar refractivity (Wildman–Crippen MR) is 105 cm³/mol. The molecule has 0 bridgehead atoms. The van der Waals surface area contributed by atoms with Gasteiger partial charge in [-0.3, -0.25) is 9.79 Å². The summed E-state index contributed by atoms with van der Waals surface area (Å²) in [4.78, 5) is 18.4. The van der Waals surface area contributed by atoms with Crippen molar-refractivity contribution in [2.45, 2.75) is 39.7 Å². The van der Waals surface area contributed by atoms with Gasteiger partial charge in [-0.15, -0.1) is 0 Å². The quantitative estimate of drug-likeness (QED) is 0.507. The van der Waals surface area contributed by atoms with Crippen molar-refractivity contribution >= 4 is 11.9 Å². The Labute approximate surface area is 156 Å². The molecule has 146 valence electrons. The first-order valence-electron chi connectivity index (χ1n) is 8.83. The second kappa shape index (κ2) is 9.89. The largest absolute Gasteiger partial charge is 0.504 e. The lowest BCUT2D eigenvalue weighted by atomic mass is 10.1. The zero-order valence-corrected chi connectivity index (χ0v) is 16.7. The maximum atomic E-state index is 12.1. The highest BCUT2D eigenvalue weighted by molar-refractivity contribution is 5.86. The number of carbonyl (C=O) groups excluding carboxylic acids is 1. The van der Waals surface area contributed by atoms with E-state index in [2.05, 4.69) is 15.6 Å². The Bertz CT molecular complexity index is 624. The third-order valence-electron chi connectivity index (χ3n) is 3.54. The smallest absolute Gasteiger partial charge is 0.240 e. The molecule has 0 saturated heterocycles. The summed E-state index contributed by atoms with van der Waals surface area (Å²) in [7, 11) is 3.35. The number of para-hydroxylation sites is 1. The maximum absolute atomic E-state index is 12.1. The molecule has 0 unspecified atom stereocenters. The normalized spacial score (nSPS) is 11.8. The van der Waals surface area contributed by atoms with Crippen LogP contribution in [0.2, 0.25) is 0 Å². The molecule has 7 heteroatoms. The van der Waals surface area contributed by atoms with Crippen LogP contribution in [0.25, 0.3) is 0 Å². The fraction of sp³-hybridized carbons (Fsp3) is 0.579. The van der Waals surface area contributed by atoms with Gasteiger partial charge in [0.15, 0.2) is 17.5 Å². The molecule has 7 nitrogen and oxygen atoms in total. The van der Waals surface area contributed by atoms with Crippen molar-refractivity contribution < 1.29 is 14.6 Å². The van der Waals surface area contributed by atoms with E-state index in [1.165, 1.54) is 7.11 Å². The van der Waals surface area contributed by atoms with Crippen molar-refractivity contribution in [3.63, 3.8) is 0 Å². The molecule has 0 fully saturated rings. The minimum Gasteiger partial charge on any atom is -0.504 e. The third kappa shape index (κ3) is 7.21. The van der Waals surface area contributed by atoms with Gasteiger partial charge in [-0.05, 0) is 45.7 Å². The van der Waals surface area contributed by atoms with Crippen LogP contribution in [0.15, 0.2) is 23.2 Å². The number of amides is 1. The second-order valence-electron chi connectivity index (χ2n) is 7.11. The lowest BCUT2D eigenvalue weighted by Gasteiger charge is -2.25. The molecule has 1 amide bonds. The maximum Gasteiger partial charge on any atom is 0.240 e. The summed E-state index contributed by atoms with van der Waals surface area (Å²) in [6.45, 7) is 9.23. The molecule has 1 aromatic rings. The summed E-state index contributed by atoms with van der Waals surface area (Å²) < 4.78 is 5.12. The van der Waals surface area contributed by atoms with Gasteiger partial charge in [-0.1, -0.05) is 12.1 Å². The molecule has 0 aromatic heterocycles. The number of phenolic OH excluding ortho intramolecular Hbond substituents is 1. The SMILES string of the molecule is CCNC(=NCCc1cccc(OC)c1O)N(C)CC(=O)NC(C)(C)C. The van der Waals surface area contributed by atoms with E-state index >= 15 is 0 Å². The van der Waals surface area contributed by atoms with Crippen LogP contribution in [0.4, 0.5) is 0 Å². The first-order valence-corrected chi connectivity index (χ1v) is 8.83. The molecule has 1 aromatic carbocycles. The minimum atomic E-state index is -0.267. The van der Waals surface area contributed by atoms with Gasteiger partial charge >= 0.3 is 0 Å². The van der Waals surface area contributed by atoms with Crippen LogP contribution < -0.4 is 15.4 Å². The average Bonchev–Trinajstić information content (AvgIpc) is 2.53.